The van der Waals surface area contributed by atoms with Crippen LogP contribution in [0.4, 0.5) is 4.39 Å². The van der Waals surface area contributed by atoms with Gasteiger partial charge in [0.2, 0.25) is 0 Å². The summed E-state index contributed by atoms with van der Waals surface area (Å²) in [4.78, 5) is 4.55. The smallest absolute Gasteiger partial charge is 0.146 e. The molecule has 5 rings (SSSR count). The molecule has 0 spiro atoms. The zero-order chi connectivity index (χ0) is 19.4. The number of halogens is 2. The molecule has 1 saturated carbocycles. The van der Waals surface area contributed by atoms with Crippen LogP contribution >= 0.6 is 11.6 Å². The van der Waals surface area contributed by atoms with Crippen LogP contribution in [-0.2, 0) is 7.05 Å². The van der Waals surface area contributed by atoms with Crippen LogP contribution in [0.1, 0.15) is 18.5 Å². The van der Waals surface area contributed by atoms with Gasteiger partial charge in [-0.25, -0.2) is 9.37 Å². The first kappa shape index (κ1) is 17.3. The van der Waals surface area contributed by atoms with E-state index in [1.165, 1.54) is 12.1 Å². The normalized spacial score (nSPS) is 14.0. The Labute approximate surface area is 166 Å². The minimum absolute atomic E-state index is 0.272. The molecule has 0 bridgehead atoms. The highest BCUT2D eigenvalue weighted by Crippen LogP contribution is 2.38. The summed E-state index contributed by atoms with van der Waals surface area (Å²) in [5.74, 6) is 1.23. The van der Waals surface area contributed by atoms with Gasteiger partial charge < -0.3 is 4.74 Å². The molecule has 0 radical (unpaired) electrons. The Bertz CT molecular complexity index is 1210. The van der Waals surface area contributed by atoms with E-state index in [1.54, 1.807) is 17.1 Å². The predicted octanol–water partition coefficient (Wildman–Crippen LogP) is 5.07. The number of hydrogen-bond acceptors (Lipinski definition) is 3. The number of benzene rings is 2. The van der Waals surface area contributed by atoms with Crippen LogP contribution in [0.15, 0.2) is 42.7 Å². The number of fused-ring (bicyclic) bond motifs is 1. The summed E-state index contributed by atoms with van der Waals surface area (Å²) in [5.41, 5.74) is 4.10. The number of nitrogens with zero attached hydrogens (tertiary/aromatic N) is 4. The van der Waals surface area contributed by atoms with Crippen LogP contribution in [0.2, 0.25) is 5.02 Å². The van der Waals surface area contributed by atoms with E-state index < -0.39 is 0 Å². The number of aryl methyl sites for hydroxylation is 2. The van der Waals surface area contributed by atoms with Gasteiger partial charge in [0.1, 0.15) is 29.2 Å². The second-order valence-corrected chi connectivity index (χ2v) is 7.49. The second-order valence-electron chi connectivity index (χ2n) is 7.09. The van der Waals surface area contributed by atoms with Gasteiger partial charge >= 0.3 is 0 Å². The second kappa shape index (κ2) is 6.34. The highest BCUT2D eigenvalue weighted by atomic mass is 35.5. The summed E-state index contributed by atoms with van der Waals surface area (Å²) in [7, 11) is 1.87. The lowest BCUT2D eigenvalue weighted by atomic mass is 10.1. The first-order valence-electron chi connectivity index (χ1n) is 9.15. The lowest BCUT2D eigenvalue weighted by molar-refractivity contribution is 0.306. The number of ether oxygens (including phenoxy) is 1. The predicted molar refractivity (Wildman–Crippen MR) is 107 cm³/mol. The molecule has 0 atom stereocenters. The molecule has 0 amide bonds. The topological polar surface area (TPSA) is 44.9 Å². The van der Waals surface area contributed by atoms with Gasteiger partial charge in [0.05, 0.1) is 22.3 Å². The van der Waals surface area contributed by atoms with Gasteiger partial charge in [-0.3, -0.25) is 9.25 Å². The summed E-state index contributed by atoms with van der Waals surface area (Å²) in [6.07, 6.45) is 4.19. The molecule has 0 N–H and O–H groups in total. The van der Waals surface area contributed by atoms with E-state index in [2.05, 4.69) is 10.1 Å². The lowest BCUT2D eigenvalue weighted by Gasteiger charge is -2.13. The van der Waals surface area contributed by atoms with Crippen molar-refractivity contribution in [1.29, 1.82) is 0 Å². The highest BCUT2D eigenvalue weighted by Gasteiger charge is 2.26. The molecule has 4 aromatic rings. The fraction of sp³-hybridized carbons (Fsp3) is 0.238. The molecular weight excluding hydrogens is 379 g/mol. The van der Waals surface area contributed by atoms with Gasteiger partial charge in [0.15, 0.2) is 0 Å². The van der Waals surface area contributed by atoms with Crippen molar-refractivity contribution in [3.05, 3.63) is 59.3 Å². The summed E-state index contributed by atoms with van der Waals surface area (Å²) in [6, 6.07) is 10.3. The minimum Gasteiger partial charge on any atom is -0.488 e. The van der Waals surface area contributed by atoms with Crippen molar-refractivity contribution in [2.75, 3.05) is 0 Å². The van der Waals surface area contributed by atoms with E-state index in [0.29, 0.717) is 5.02 Å². The van der Waals surface area contributed by atoms with Crippen molar-refractivity contribution in [1.82, 2.24) is 19.3 Å². The fourth-order valence-electron chi connectivity index (χ4n) is 3.59. The third-order valence-corrected chi connectivity index (χ3v) is 5.28. The Balaban J connectivity index is 1.77. The molecule has 28 heavy (non-hydrogen) atoms. The summed E-state index contributed by atoms with van der Waals surface area (Å²) in [5, 5.41) is 4.94. The van der Waals surface area contributed by atoms with Crippen LogP contribution in [0.25, 0.3) is 28.0 Å². The Morgan fingerprint density at radius 1 is 1.21 bits per heavy atom. The van der Waals surface area contributed by atoms with Gasteiger partial charge in [-0.1, -0.05) is 17.7 Å². The molecule has 2 aromatic carbocycles. The molecule has 142 valence electrons. The zero-order valence-corrected chi connectivity index (χ0v) is 16.2. The van der Waals surface area contributed by atoms with Gasteiger partial charge in [-0.2, -0.15) is 5.10 Å². The molecule has 2 aromatic heterocycles. The molecule has 1 fully saturated rings. The largest absolute Gasteiger partial charge is 0.488 e. The maximum absolute atomic E-state index is 13.6. The average molecular weight is 397 g/mol. The van der Waals surface area contributed by atoms with Crippen LogP contribution in [0.3, 0.4) is 0 Å². The maximum Gasteiger partial charge on any atom is 0.146 e. The van der Waals surface area contributed by atoms with Crippen molar-refractivity contribution >= 4 is 22.6 Å². The van der Waals surface area contributed by atoms with Crippen LogP contribution < -0.4 is 4.74 Å². The van der Waals surface area contributed by atoms with Crippen molar-refractivity contribution in [2.45, 2.75) is 25.9 Å². The molecule has 7 heteroatoms. The molecule has 1 aliphatic carbocycles. The molecule has 1 aliphatic rings. The Morgan fingerprint density at radius 2 is 2.04 bits per heavy atom. The standard InChI is InChI=1S/C21H18ClFN4O/c1-12-19(15-9-6-13(23)10-16(15)22)21(26(2)25-12)27-11-24-17-4-3-5-18(20(17)27)28-14-7-8-14/h3-6,9-11,14H,7-8H2,1-2H3. The van der Waals surface area contributed by atoms with E-state index in [1.807, 2.05) is 36.7 Å². The molecule has 2 heterocycles. The monoisotopic (exact) mass is 396 g/mol. The van der Waals surface area contributed by atoms with E-state index in [9.17, 15) is 4.39 Å². The van der Waals surface area contributed by atoms with Gasteiger partial charge in [-0.15, -0.1) is 0 Å². The maximum atomic E-state index is 13.6. The van der Waals surface area contributed by atoms with Crippen molar-refractivity contribution in [3.8, 4) is 22.7 Å². The molecule has 0 unspecified atom stereocenters. The molecular formula is C21H18ClFN4O. The fourth-order valence-corrected chi connectivity index (χ4v) is 3.85. The molecule has 0 aliphatic heterocycles. The Kier molecular flexibility index (Phi) is 3.91. The third-order valence-electron chi connectivity index (χ3n) is 4.97. The van der Waals surface area contributed by atoms with E-state index in [4.69, 9.17) is 16.3 Å². The number of hydrogen-bond donors (Lipinski definition) is 0. The average Bonchev–Trinajstić information content (AvgIpc) is 3.28. The minimum atomic E-state index is -0.370. The number of aromatic nitrogens is 4. The Morgan fingerprint density at radius 3 is 2.79 bits per heavy atom. The summed E-state index contributed by atoms with van der Waals surface area (Å²) in [6.45, 7) is 1.92. The SMILES string of the molecule is Cc1nn(C)c(-n2cnc3cccc(OC4CC4)c32)c1-c1ccc(F)cc1Cl. The van der Waals surface area contributed by atoms with Gasteiger partial charge in [0.25, 0.3) is 0 Å². The lowest BCUT2D eigenvalue weighted by Crippen LogP contribution is -2.05. The van der Waals surface area contributed by atoms with Crippen LogP contribution in [0, 0.1) is 12.7 Å². The van der Waals surface area contributed by atoms with E-state index >= 15 is 0 Å². The van der Waals surface area contributed by atoms with E-state index in [0.717, 1.165) is 52.3 Å². The Hall–Kier alpha value is -2.86. The van der Waals surface area contributed by atoms with Crippen molar-refractivity contribution < 1.29 is 9.13 Å². The first-order chi connectivity index (χ1) is 13.5. The quantitative estimate of drug-likeness (QED) is 0.484. The van der Waals surface area contributed by atoms with Gasteiger partial charge in [-0.05, 0) is 50.1 Å². The first-order valence-corrected chi connectivity index (χ1v) is 9.53. The van der Waals surface area contributed by atoms with Crippen molar-refractivity contribution in [2.24, 2.45) is 7.05 Å². The highest BCUT2D eigenvalue weighted by molar-refractivity contribution is 6.33. The summed E-state index contributed by atoms with van der Waals surface area (Å²) >= 11 is 6.38. The number of para-hydroxylation sites is 1. The molecule has 0 saturated heterocycles. The van der Waals surface area contributed by atoms with Crippen LogP contribution in [-0.4, -0.2) is 25.4 Å². The third kappa shape index (κ3) is 2.76. The number of rotatable bonds is 4. The zero-order valence-electron chi connectivity index (χ0n) is 15.5. The summed E-state index contributed by atoms with van der Waals surface area (Å²) < 4.78 is 23.5. The molecule has 5 nitrogen and oxygen atoms in total. The van der Waals surface area contributed by atoms with Gasteiger partial charge in [0, 0.05) is 18.2 Å². The van der Waals surface area contributed by atoms with E-state index in [-0.39, 0.29) is 11.9 Å². The number of imidazole rings is 1. The van der Waals surface area contributed by atoms with Crippen LogP contribution in [0.5, 0.6) is 5.75 Å². The van der Waals surface area contributed by atoms with Crippen molar-refractivity contribution in [3.63, 3.8) is 0 Å².